The molecule has 29 heavy (non-hydrogen) atoms. The number of hydrogen-bond donors (Lipinski definition) is 1. The maximum atomic E-state index is 13.2. The van der Waals surface area contributed by atoms with E-state index in [1.54, 1.807) is 6.07 Å². The third-order valence-corrected chi connectivity index (χ3v) is 7.71. The normalized spacial score (nSPS) is 29.2. The fourth-order valence-corrected chi connectivity index (χ4v) is 6.27. The van der Waals surface area contributed by atoms with Crippen molar-refractivity contribution in [1.29, 1.82) is 0 Å². The zero-order chi connectivity index (χ0) is 20.4. The van der Waals surface area contributed by atoms with Crippen LogP contribution in [-0.2, 0) is 4.79 Å². The first kappa shape index (κ1) is 19.2. The Labute approximate surface area is 175 Å². The highest BCUT2D eigenvalue weighted by atomic mass is 35.5. The van der Waals surface area contributed by atoms with E-state index in [2.05, 4.69) is 23.7 Å². The summed E-state index contributed by atoms with van der Waals surface area (Å²) in [5, 5.41) is 10.6. The number of amides is 1. The van der Waals surface area contributed by atoms with Crippen LogP contribution in [0.3, 0.4) is 0 Å². The van der Waals surface area contributed by atoms with E-state index in [0.29, 0.717) is 29.1 Å². The quantitative estimate of drug-likeness (QED) is 0.826. The number of nitrogens with zero attached hydrogens (tertiary/aromatic N) is 3. The van der Waals surface area contributed by atoms with Crippen LogP contribution in [0.5, 0.6) is 0 Å². The summed E-state index contributed by atoms with van der Waals surface area (Å²) in [6.45, 7) is 7.71. The van der Waals surface area contributed by atoms with Crippen LogP contribution in [0.1, 0.15) is 33.1 Å². The second-order valence-corrected chi connectivity index (χ2v) is 10.3. The summed E-state index contributed by atoms with van der Waals surface area (Å²) in [4.78, 5) is 21.9. The number of carbonyl (C=O) groups excluding carboxylic acids is 1. The van der Waals surface area contributed by atoms with Gasteiger partial charge in [-0.25, -0.2) is 0 Å². The van der Waals surface area contributed by atoms with Crippen LogP contribution in [0.2, 0.25) is 5.02 Å². The minimum atomic E-state index is -0.0701. The third kappa shape index (κ3) is 3.03. The fourth-order valence-electron chi connectivity index (χ4n) is 6.10. The maximum Gasteiger partial charge on any atom is 0.298 e. The fraction of sp³-hybridized carbons (Fsp3) is 0.636. The Hall–Kier alpha value is -1.79. The van der Waals surface area contributed by atoms with Crippen molar-refractivity contribution in [3.63, 3.8) is 0 Å². The van der Waals surface area contributed by atoms with Gasteiger partial charge in [0.2, 0.25) is 5.91 Å². The summed E-state index contributed by atoms with van der Waals surface area (Å²) in [5.41, 5.74) is 1.64. The van der Waals surface area contributed by atoms with Crippen LogP contribution in [0, 0.1) is 22.7 Å². The van der Waals surface area contributed by atoms with Crippen molar-refractivity contribution in [2.24, 2.45) is 22.7 Å². The molecule has 1 amide bonds. The van der Waals surface area contributed by atoms with Gasteiger partial charge < -0.3 is 19.3 Å². The number of fused-ring (bicyclic) bond motifs is 2. The molecule has 2 saturated heterocycles. The summed E-state index contributed by atoms with van der Waals surface area (Å²) in [5.74, 6) is 0.712. The van der Waals surface area contributed by atoms with Gasteiger partial charge in [0.05, 0.1) is 6.61 Å². The number of likely N-dealkylation sites (tertiary alicyclic amines) is 1. The third-order valence-electron chi connectivity index (χ3n) is 7.48. The highest BCUT2D eigenvalue weighted by Crippen LogP contribution is 2.62. The van der Waals surface area contributed by atoms with E-state index < -0.39 is 0 Å². The first-order chi connectivity index (χ1) is 13.8. The molecule has 156 valence electrons. The van der Waals surface area contributed by atoms with Gasteiger partial charge in [-0.3, -0.25) is 4.79 Å². The monoisotopic (exact) mass is 417 g/mol. The molecule has 3 aliphatic rings. The van der Waals surface area contributed by atoms with Gasteiger partial charge in [-0.05, 0) is 42.7 Å². The number of aliphatic hydroxyl groups excluding tert-OH is 1. The van der Waals surface area contributed by atoms with Gasteiger partial charge in [0.15, 0.2) is 5.58 Å². The van der Waals surface area contributed by atoms with Crippen LogP contribution < -0.4 is 4.90 Å². The molecule has 6 nitrogen and oxygen atoms in total. The number of aromatic nitrogens is 1. The van der Waals surface area contributed by atoms with E-state index in [4.69, 9.17) is 16.0 Å². The van der Waals surface area contributed by atoms with E-state index in [-0.39, 0.29) is 29.3 Å². The van der Waals surface area contributed by atoms with Gasteiger partial charge in [0.25, 0.3) is 6.01 Å². The number of halogens is 1. The standard InChI is InChI=1S/C22H28ClN3O3/c1-21(2)11-22(13-27)12-26(10-18(21)22)19(28)14-5-7-25(8-6-14)20-24-16-4-3-15(23)9-17(16)29-20/h3-4,9,14,18,27H,5-8,10-13H2,1-2H3/t18-,22-/m1/s1. The van der Waals surface area contributed by atoms with Crippen molar-refractivity contribution in [3.05, 3.63) is 23.2 Å². The second-order valence-electron chi connectivity index (χ2n) is 9.83. The van der Waals surface area contributed by atoms with E-state index in [1.165, 1.54) is 0 Å². The molecule has 5 rings (SSSR count). The Kier molecular flexibility index (Phi) is 4.37. The molecule has 3 fully saturated rings. The second kappa shape index (κ2) is 6.61. The molecule has 2 aromatic rings. The molecule has 1 aromatic carbocycles. The van der Waals surface area contributed by atoms with E-state index in [1.807, 2.05) is 17.0 Å². The van der Waals surface area contributed by atoms with Crippen LogP contribution in [-0.4, -0.2) is 53.7 Å². The first-order valence-electron chi connectivity index (χ1n) is 10.5. The summed E-state index contributed by atoms with van der Waals surface area (Å²) in [7, 11) is 0. The molecule has 1 aromatic heterocycles. The van der Waals surface area contributed by atoms with Gasteiger partial charge in [-0.1, -0.05) is 25.4 Å². The summed E-state index contributed by atoms with van der Waals surface area (Å²) >= 11 is 6.03. The van der Waals surface area contributed by atoms with Crippen molar-refractivity contribution in [3.8, 4) is 0 Å². The Morgan fingerprint density at radius 1 is 1.34 bits per heavy atom. The maximum absolute atomic E-state index is 13.2. The first-order valence-corrected chi connectivity index (χ1v) is 10.9. The highest BCUT2D eigenvalue weighted by Gasteiger charge is 2.63. The molecule has 1 saturated carbocycles. The molecule has 0 radical (unpaired) electrons. The lowest BCUT2D eigenvalue weighted by molar-refractivity contribution is -0.135. The van der Waals surface area contributed by atoms with E-state index >= 15 is 0 Å². The molecule has 1 N–H and O–H groups in total. The van der Waals surface area contributed by atoms with Crippen molar-refractivity contribution >= 4 is 34.6 Å². The highest BCUT2D eigenvalue weighted by molar-refractivity contribution is 6.31. The van der Waals surface area contributed by atoms with Gasteiger partial charge in [0, 0.05) is 48.6 Å². The molecular weight excluding hydrogens is 390 g/mol. The minimum absolute atomic E-state index is 0.0430. The largest absolute Gasteiger partial charge is 0.423 e. The number of rotatable bonds is 3. The van der Waals surface area contributed by atoms with Gasteiger partial charge in [0.1, 0.15) is 5.52 Å². The molecule has 1 aliphatic carbocycles. The predicted octanol–water partition coefficient (Wildman–Crippen LogP) is 3.56. The SMILES string of the molecule is CC1(C)C[C@]2(CO)CN(C(=O)C3CCN(c4nc5ccc(Cl)cc5o4)CC3)C[C@H]12. The molecule has 0 bridgehead atoms. The van der Waals surface area contributed by atoms with Crippen molar-refractivity contribution in [2.75, 3.05) is 37.7 Å². The number of piperidine rings is 1. The lowest BCUT2D eigenvalue weighted by atomic mass is 9.48. The number of oxazole rings is 1. The molecule has 0 spiro atoms. The van der Waals surface area contributed by atoms with Crippen molar-refractivity contribution in [2.45, 2.75) is 33.1 Å². The molecular formula is C22H28ClN3O3. The number of carbonyl (C=O) groups is 1. The molecule has 3 heterocycles. The minimum Gasteiger partial charge on any atom is -0.423 e. The molecule has 0 unspecified atom stereocenters. The van der Waals surface area contributed by atoms with Crippen LogP contribution in [0.4, 0.5) is 6.01 Å². The number of benzene rings is 1. The van der Waals surface area contributed by atoms with Crippen LogP contribution in [0.25, 0.3) is 11.1 Å². The zero-order valence-corrected chi connectivity index (χ0v) is 17.8. The smallest absolute Gasteiger partial charge is 0.298 e. The molecule has 7 heteroatoms. The molecule has 2 aliphatic heterocycles. The summed E-state index contributed by atoms with van der Waals surface area (Å²) in [6.07, 6.45) is 2.61. The van der Waals surface area contributed by atoms with Gasteiger partial charge in [-0.2, -0.15) is 4.98 Å². The lowest BCUT2D eigenvalue weighted by Gasteiger charge is -2.55. The summed E-state index contributed by atoms with van der Waals surface area (Å²) in [6, 6.07) is 6.06. The Morgan fingerprint density at radius 3 is 2.76 bits per heavy atom. The lowest BCUT2D eigenvalue weighted by Crippen LogP contribution is -2.54. The van der Waals surface area contributed by atoms with Crippen molar-refractivity contribution in [1.82, 2.24) is 9.88 Å². The summed E-state index contributed by atoms with van der Waals surface area (Å²) < 4.78 is 5.88. The molecule has 2 atom stereocenters. The number of aliphatic hydroxyl groups is 1. The Balaban J connectivity index is 1.23. The predicted molar refractivity (Wildman–Crippen MR) is 112 cm³/mol. The van der Waals surface area contributed by atoms with Crippen molar-refractivity contribution < 1.29 is 14.3 Å². The van der Waals surface area contributed by atoms with Crippen LogP contribution in [0.15, 0.2) is 22.6 Å². The zero-order valence-electron chi connectivity index (χ0n) is 17.0. The number of anilines is 1. The van der Waals surface area contributed by atoms with Gasteiger partial charge in [-0.15, -0.1) is 0 Å². The van der Waals surface area contributed by atoms with Gasteiger partial charge >= 0.3 is 0 Å². The Bertz CT molecular complexity index is 950. The topological polar surface area (TPSA) is 69.8 Å². The van der Waals surface area contributed by atoms with E-state index in [0.717, 1.165) is 44.4 Å². The Morgan fingerprint density at radius 2 is 2.10 bits per heavy atom. The average molecular weight is 418 g/mol. The van der Waals surface area contributed by atoms with Crippen LogP contribution >= 0.6 is 11.6 Å². The number of hydrogen-bond acceptors (Lipinski definition) is 5. The van der Waals surface area contributed by atoms with E-state index in [9.17, 15) is 9.90 Å². The average Bonchev–Trinajstić information content (AvgIpc) is 3.27.